The summed E-state index contributed by atoms with van der Waals surface area (Å²) in [6.07, 6.45) is 5.36. The van der Waals surface area contributed by atoms with Crippen LogP contribution in [0.4, 0.5) is 0 Å². The molecule has 1 aliphatic rings. The highest BCUT2D eigenvalue weighted by Gasteiger charge is 2.20. The van der Waals surface area contributed by atoms with E-state index in [2.05, 4.69) is 57.0 Å². The Morgan fingerprint density at radius 2 is 1.94 bits per heavy atom. The molecule has 1 nitrogen and oxygen atoms in total. The highest BCUT2D eigenvalue weighted by atomic mass is 79.9. The average molecular weight is 362 g/mol. The third kappa shape index (κ3) is 3.72. The van der Waals surface area contributed by atoms with Gasteiger partial charge in [0, 0.05) is 5.33 Å². The number of hydrogen-bond acceptors (Lipinski definition) is 1. The van der Waals surface area contributed by atoms with Crippen molar-refractivity contribution in [3.8, 4) is 5.75 Å². The Morgan fingerprint density at radius 3 is 2.53 bits per heavy atom. The second-order valence-electron chi connectivity index (χ2n) is 4.90. The van der Waals surface area contributed by atoms with Crippen molar-refractivity contribution in [2.75, 3.05) is 0 Å². The largest absolute Gasteiger partial charge is 0.489 e. The molecule has 0 bridgehead atoms. The van der Waals surface area contributed by atoms with E-state index in [1.807, 2.05) is 0 Å². The number of ether oxygens (including phenoxy) is 1. The van der Waals surface area contributed by atoms with E-state index in [0.717, 1.165) is 21.5 Å². The molecule has 3 heteroatoms. The maximum Gasteiger partial charge on any atom is 0.133 e. The lowest BCUT2D eigenvalue weighted by atomic mass is 9.89. The standard InChI is InChI=1S/C14H18Br2O/c1-10-2-5-12(6-3-10)17-14-7-4-11(9-15)8-13(14)16/h4,7-8,10,12H,2-3,5-6,9H2,1H3. The van der Waals surface area contributed by atoms with Gasteiger partial charge in [-0.1, -0.05) is 28.9 Å². The normalized spacial score (nSPS) is 24.6. The predicted octanol–water partition coefficient (Wildman–Crippen LogP) is 5.30. The fraction of sp³-hybridized carbons (Fsp3) is 0.571. The molecule has 17 heavy (non-hydrogen) atoms. The van der Waals surface area contributed by atoms with Crippen LogP contribution in [0.5, 0.6) is 5.75 Å². The number of hydrogen-bond donors (Lipinski definition) is 0. The molecule has 0 unspecified atom stereocenters. The quantitative estimate of drug-likeness (QED) is 0.663. The Bertz CT molecular complexity index is 370. The summed E-state index contributed by atoms with van der Waals surface area (Å²) in [5.41, 5.74) is 1.27. The van der Waals surface area contributed by atoms with Crippen molar-refractivity contribution in [1.29, 1.82) is 0 Å². The molecule has 0 atom stereocenters. The van der Waals surface area contributed by atoms with Crippen LogP contribution in [0.2, 0.25) is 0 Å². The molecule has 0 aliphatic heterocycles. The minimum Gasteiger partial charge on any atom is -0.489 e. The summed E-state index contributed by atoms with van der Waals surface area (Å²) in [6, 6.07) is 6.30. The van der Waals surface area contributed by atoms with E-state index in [4.69, 9.17) is 4.74 Å². The van der Waals surface area contributed by atoms with Crippen molar-refractivity contribution in [1.82, 2.24) is 0 Å². The van der Waals surface area contributed by atoms with Gasteiger partial charge < -0.3 is 4.74 Å². The van der Waals surface area contributed by atoms with Crippen molar-refractivity contribution in [3.63, 3.8) is 0 Å². The van der Waals surface area contributed by atoms with Crippen molar-refractivity contribution in [2.45, 2.75) is 44.0 Å². The van der Waals surface area contributed by atoms with Gasteiger partial charge in [-0.3, -0.25) is 0 Å². The molecule has 1 aliphatic carbocycles. The molecule has 1 saturated carbocycles. The highest BCUT2D eigenvalue weighted by molar-refractivity contribution is 9.10. The maximum absolute atomic E-state index is 6.07. The monoisotopic (exact) mass is 360 g/mol. The molecule has 0 amide bonds. The molecule has 0 radical (unpaired) electrons. The summed E-state index contributed by atoms with van der Waals surface area (Å²) in [4.78, 5) is 0. The second-order valence-corrected chi connectivity index (χ2v) is 6.31. The molecule has 1 fully saturated rings. The number of rotatable bonds is 3. The lowest BCUT2D eigenvalue weighted by Gasteiger charge is -2.27. The van der Waals surface area contributed by atoms with Crippen molar-refractivity contribution < 1.29 is 4.74 Å². The first kappa shape index (κ1) is 13.4. The number of halogens is 2. The first-order valence-electron chi connectivity index (χ1n) is 6.20. The third-order valence-electron chi connectivity index (χ3n) is 3.41. The highest BCUT2D eigenvalue weighted by Crippen LogP contribution is 2.32. The van der Waals surface area contributed by atoms with Crippen molar-refractivity contribution >= 4 is 31.9 Å². The van der Waals surface area contributed by atoms with Crippen molar-refractivity contribution in [3.05, 3.63) is 28.2 Å². The molecule has 1 aromatic rings. The molecule has 0 spiro atoms. The van der Waals surface area contributed by atoms with Crippen LogP contribution in [0.1, 0.15) is 38.2 Å². The summed E-state index contributed by atoms with van der Waals surface area (Å²) < 4.78 is 7.13. The predicted molar refractivity (Wildman–Crippen MR) is 78.8 cm³/mol. The maximum atomic E-state index is 6.07. The SMILES string of the molecule is CC1CCC(Oc2ccc(CBr)cc2Br)CC1. The van der Waals surface area contributed by atoms with Crippen molar-refractivity contribution in [2.24, 2.45) is 5.92 Å². The Kier molecular flexibility index (Phi) is 4.92. The zero-order valence-electron chi connectivity index (χ0n) is 10.1. The van der Waals surface area contributed by atoms with Gasteiger partial charge in [-0.15, -0.1) is 0 Å². The van der Waals surface area contributed by atoms with Gasteiger partial charge in [-0.2, -0.15) is 0 Å². The molecular formula is C14H18Br2O. The average Bonchev–Trinajstić information content (AvgIpc) is 2.34. The Hall–Kier alpha value is -0.0200. The van der Waals surface area contributed by atoms with E-state index >= 15 is 0 Å². The van der Waals surface area contributed by atoms with E-state index < -0.39 is 0 Å². The van der Waals surface area contributed by atoms with E-state index in [-0.39, 0.29) is 0 Å². The molecule has 0 aromatic heterocycles. The Morgan fingerprint density at radius 1 is 1.24 bits per heavy atom. The van der Waals surface area contributed by atoms with Gasteiger partial charge in [0.05, 0.1) is 10.6 Å². The van der Waals surface area contributed by atoms with Crippen LogP contribution in [0.15, 0.2) is 22.7 Å². The first-order valence-corrected chi connectivity index (χ1v) is 8.11. The van der Waals surface area contributed by atoms with Crippen LogP contribution < -0.4 is 4.74 Å². The first-order chi connectivity index (χ1) is 8.19. The molecular weight excluding hydrogens is 344 g/mol. The van der Waals surface area contributed by atoms with Crippen LogP contribution >= 0.6 is 31.9 Å². The van der Waals surface area contributed by atoms with E-state index in [1.54, 1.807) is 0 Å². The topological polar surface area (TPSA) is 9.23 Å². The summed E-state index contributed by atoms with van der Waals surface area (Å²) >= 11 is 7.04. The molecule has 0 heterocycles. The van der Waals surface area contributed by atoms with Gasteiger partial charge in [0.1, 0.15) is 5.75 Å². The van der Waals surface area contributed by atoms with Gasteiger partial charge in [0.2, 0.25) is 0 Å². The lowest BCUT2D eigenvalue weighted by molar-refractivity contribution is 0.134. The lowest BCUT2D eigenvalue weighted by Crippen LogP contribution is -2.23. The third-order valence-corrected chi connectivity index (χ3v) is 4.67. The van der Waals surface area contributed by atoms with E-state index in [9.17, 15) is 0 Å². The summed E-state index contributed by atoms with van der Waals surface area (Å²) in [5.74, 6) is 1.85. The molecule has 0 N–H and O–H groups in total. The zero-order valence-corrected chi connectivity index (χ0v) is 13.3. The van der Waals surface area contributed by atoms with Crippen LogP contribution in [0, 0.1) is 5.92 Å². The van der Waals surface area contributed by atoms with Gasteiger partial charge in [0.25, 0.3) is 0 Å². The molecule has 0 saturated heterocycles. The van der Waals surface area contributed by atoms with Gasteiger partial charge >= 0.3 is 0 Å². The summed E-state index contributed by atoms with van der Waals surface area (Å²) in [5, 5.41) is 0.882. The van der Waals surface area contributed by atoms with Crippen LogP contribution in [-0.2, 0) is 5.33 Å². The number of benzene rings is 1. The second kappa shape index (κ2) is 6.24. The fourth-order valence-corrected chi connectivity index (χ4v) is 3.12. The van der Waals surface area contributed by atoms with E-state index in [1.165, 1.54) is 31.2 Å². The zero-order chi connectivity index (χ0) is 12.3. The Balaban J connectivity index is 1.99. The number of alkyl halides is 1. The fourth-order valence-electron chi connectivity index (χ4n) is 2.25. The van der Waals surface area contributed by atoms with Gasteiger partial charge in [-0.25, -0.2) is 0 Å². The Labute approximate surface area is 120 Å². The van der Waals surface area contributed by atoms with Crippen LogP contribution in [0.25, 0.3) is 0 Å². The smallest absolute Gasteiger partial charge is 0.133 e. The molecule has 94 valence electrons. The summed E-state index contributed by atoms with van der Waals surface area (Å²) in [6.45, 7) is 2.33. The van der Waals surface area contributed by atoms with Gasteiger partial charge in [-0.05, 0) is 65.2 Å². The summed E-state index contributed by atoms with van der Waals surface area (Å²) in [7, 11) is 0. The van der Waals surface area contributed by atoms with Crippen LogP contribution in [0.3, 0.4) is 0 Å². The van der Waals surface area contributed by atoms with Crippen LogP contribution in [-0.4, -0.2) is 6.10 Å². The molecule has 2 rings (SSSR count). The minimum atomic E-state index is 0.400. The molecule has 1 aromatic carbocycles. The minimum absolute atomic E-state index is 0.400. The van der Waals surface area contributed by atoms with Gasteiger partial charge in [0.15, 0.2) is 0 Å². The van der Waals surface area contributed by atoms with E-state index in [0.29, 0.717) is 6.10 Å².